The van der Waals surface area contributed by atoms with E-state index in [1.54, 1.807) is 24.3 Å². The van der Waals surface area contributed by atoms with Gasteiger partial charge >= 0.3 is 0 Å². The predicted octanol–water partition coefficient (Wildman–Crippen LogP) is 2.98. The van der Waals surface area contributed by atoms with Gasteiger partial charge in [-0.3, -0.25) is 10.1 Å². The van der Waals surface area contributed by atoms with Gasteiger partial charge in [0.2, 0.25) is 0 Å². The second-order valence-electron chi connectivity index (χ2n) is 4.66. The summed E-state index contributed by atoms with van der Waals surface area (Å²) in [5.74, 6) is 0.737. The summed E-state index contributed by atoms with van der Waals surface area (Å²) < 4.78 is 5.54. The fourth-order valence-corrected chi connectivity index (χ4v) is 1.90. The van der Waals surface area contributed by atoms with E-state index in [9.17, 15) is 10.1 Å². The van der Waals surface area contributed by atoms with Crippen molar-refractivity contribution in [2.24, 2.45) is 0 Å². The van der Waals surface area contributed by atoms with Crippen LogP contribution in [0.25, 0.3) is 0 Å². The molecule has 2 aromatic carbocycles. The largest absolute Gasteiger partial charge is 0.492 e. The lowest BCUT2D eigenvalue weighted by Gasteiger charge is -2.09. The minimum absolute atomic E-state index is 0.0805. The molecule has 0 amide bonds. The fraction of sp³-hybridized carbons (Fsp3) is 0.200. The quantitative estimate of drug-likeness (QED) is 0.369. The third kappa shape index (κ3) is 4.38. The van der Waals surface area contributed by atoms with E-state index < -0.39 is 4.92 Å². The molecule has 2 rings (SSSR count). The Morgan fingerprint density at radius 2 is 1.95 bits per heavy atom. The van der Waals surface area contributed by atoms with E-state index in [-0.39, 0.29) is 5.69 Å². The van der Waals surface area contributed by atoms with Gasteiger partial charge in [0, 0.05) is 30.1 Å². The van der Waals surface area contributed by atoms with Gasteiger partial charge in [-0.25, -0.2) is 0 Å². The summed E-state index contributed by atoms with van der Waals surface area (Å²) in [4.78, 5) is 10.4. The maximum Gasteiger partial charge on any atom is 0.271 e. The van der Waals surface area contributed by atoms with Crippen molar-refractivity contribution in [1.82, 2.24) is 0 Å². The van der Waals surface area contributed by atoms with Crippen molar-refractivity contribution in [2.75, 3.05) is 24.2 Å². The van der Waals surface area contributed by atoms with Gasteiger partial charge in [0.15, 0.2) is 0 Å². The molecule has 0 aliphatic carbocycles. The number of non-ortho nitro benzene ring substituents is 1. The normalized spacial score (nSPS) is 10.1. The molecule has 0 aliphatic heterocycles. The molecule has 3 N–H and O–H groups in total. The molecule has 0 fully saturated rings. The van der Waals surface area contributed by atoms with E-state index in [1.165, 1.54) is 12.1 Å². The van der Waals surface area contributed by atoms with Crippen molar-refractivity contribution in [1.29, 1.82) is 0 Å². The topological polar surface area (TPSA) is 90.4 Å². The van der Waals surface area contributed by atoms with E-state index in [0.717, 1.165) is 11.3 Å². The summed E-state index contributed by atoms with van der Waals surface area (Å²) in [7, 11) is 0. The van der Waals surface area contributed by atoms with Gasteiger partial charge in [-0.15, -0.1) is 0 Å². The van der Waals surface area contributed by atoms with Crippen LogP contribution in [0.15, 0.2) is 42.5 Å². The van der Waals surface area contributed by atoms with Crippen molar-refractivity contribution in [3.63, 3.8) is 0 Å². The number of benzene rings is 2. The van der Waals surface area contributed by atoms with Crippen LogP contribution in [0.5, 0.6) is 5.75 Å². The van der Waals surface area contributed by atoms with Gasteiger partial charge in [-0.1, -0.05) is 0 Å². The molecule has 0 spiro atoms. The van der Waals surface area contributed by atoms with Crippen LogP contribution in [0.2, 0.25) is 0 Å². The Kier molecular flexibility index (Phi) is 4.61. The van der Waals surface area contributed by atoms with Crippen LogP contribution in [0, 0.1) is 17.0 Å². The van der Waals surface area contributed by atoms with E-state index in [4.69, 9.17) is 10.5 Å². The summed E-state index contributed by atoms with van der Waals surface area (Å²) in [6.07, 6.45) is 0. The number of nitro benzene ring substituents is 1. The van der Waals surface area contributed by atoms with Gasteiger partial charge in [0.25, 0.3) is 5.69 Å². The molecule has 6 heteroatoms. The molecule has 2 aromatic rings. The Hall–Kier alpha value is -2.76. The first-order chi connectivity index (χ1) is 10.0. The van der Waals surface area contributed by atoms with E-state index >= 15 is 0 Å². The zero-order valence-corrected chi connectivity index (χ0v) is 11.7. The Morgan fingerprint density at radius 3 is 2.62 bits per heavy atom. The Labute approximate surface area is 122 Å². The van der Waals surface area contributed by atoms with Crippen molar-refractivity contribution in [3.05, 3.63) is 58.1 Å². The molecule has 0 saturated heterocycles. The van der Waals surface area contributed by atoms with Gasteiger partial charge in [-0.2, -0.15) is 0 Å². The number of anilines is 2. The highest BCUT2D eigenvalue weighted by Gasteiger charge is 2.07. The number of nitrogen functional groups attached to an aromatic ring is 1. The highest BCUT2D eigenvalue weighted by atomic mass is 16.6. The minimum atomic E-state index is -0.400. The van der Waals surface area contributed by atoms with Crippen molar-refractivity contribution in [3.8, 4) is 5.75 Å². The first-order valence-corrected chi connectivity index (χ1v) is 6.53. The second-order valence-corrected chi connectivity index (χ2v) is 4.66. The van der Waals surface area contributed by atoms with Crippen LogP contribution < -0.4 is 15.8 Å². The standard InChI is InChI=1S/C15H17N3O3/c1-11-8-13(10-14(9-11)18(19)20)17-6-7-21-15-4-2-12(16)3-5-15/h2-5,8-10,17H,6-7,16H2,1H3. The molecule has 0 atom stereocenters. The molecular weight excluding hydrogens is 270 g/mol. The van der Waals surface area contributed by atoms with Crippen molar-refractivity contribution in [2.45, 2.75) is 6.92 Å². The van der Waals surface area contributed by atoms with Crippen molar-refractivity contribution < 1.29 is 9.66 Å². The third-order valence-electron chi connectivity index (χ3n) is 2.85. The van der Waals surface area contributed by atoms with E-state index in [1.807, 2.05) is 13.0 Å². The first kappa shape index (κ1) is 14.6. The second kappa shape index (κ2) is 6.60. The maximum atomic E-state index is 10.8. The number of rotatable bonds is 6. The van der Waals surface area contributed by atoms with Crippen LogP contribution in [-0.4, -0.2) is 18.1 Å². The van der Waals surface area contributed by atoms with Crippen LogP contribution >= 0.6 is 0 Å². The summed E-state index contributed by atoms with van der Waals surface area (Å²) >= 11 is 0. The molecule has 0 saturated carbocycles. The predicted molar refractivity (Wildman–Crippen MR) is 82.7 cm³/mol. The molecule has 21 heavy (non-hydrogen) atoms. The van der Waals surface area contributed by atoms with E-state index in [0.29, 0.717) is 24.5 Å². The zero-order chi connectivity index (χ0) is 15.2. The van der Waals surface area contributed by atoms with Gasteiger partial charge < -0.3 is 15.8 Å². The molecule has 0 heterocycles. The summed E-state index contributed by atoms with van der Waals surface area (Å²) in [6.45, 7) is 2.82. The minimum Gasteiger partial charge on any atom is -0.492 e. The lowest BCUT2D eigenvalue weighted by Crippen LogP contribution is -2.11. The zero-order valence-electron chi connectivity index (χ0n) is 11.7. The lowest BCUT2D eigenvalue weighted by atomic mass is 10.2. The van der Waals surface area contributed by atoms with Crippen LogP contribution in [-0.2, 0) is 0 Å². The average molecular weight is 287 g/mol. The van der Waals surface area contributed by atoms with Crippen molar-refractivity contribution >= 4 is 17.1 Å². The highest BCUT2D eigenvalue weighted by Crippen LogP contribution is 2.20. The molecule has 6 nitrogen and oxygen atoms in total. The van der Waals surface area contributed by atoms with Crippen LogP contribution in [0.3, 0.4) is 0 Å². The number of nitrogens with two attached hydrogens (primary N) is 1. The lowest BCUT2D eigenvalue weighted by molar-refractivity contribution is -0.384. The number of nitro groups is 1. The third-order valence-corrected chi connectivity index (χ3v) is 2.85. The van der Waals surface area contributed by atoms with Crippen LogP contribution in [0.4, 0.5) is 17.1 Å². The monoisotopic (exact) mass is 287 g/mol. The van der Waals surface area contributed by atoms with Gasteiger partial charge in [0.05, 0.1) is 4.92 Å². The molecule has 110 valence electrons. The number of hydrogen-bond acceptors (Lipinski definition) is 5. The Bertz CT molecular complexity index is 627. The van der Waals surface area contributed by atoms with Gasteiger partial charge in [-0.05, 0) is 42.8 Å². The first-order valence-electron chi connectivity index (χ1n) is 6.53. The molecule has 0 bridgehead atoms. The Morgan fingerprint density at radius 1 is 1.24 bits per heavy atom. The fourth-order valence-electron chi connectivity index (χ4n) is 1.90. The van der Waals surface area contributed by atoms with Crippen LogP contribution in [0.1, 0.15) is 5.56 Å². The number of nitrogens with zero attached hydrogens (tertiary/aromatic N) is 1. The molecule has 0 aliphatic rings. The number of aryl methyl sites for hydroxylation is 1. The van der Waals surface area contributed by atoms with Gasteiger partial charge in [0.1, 0.15) is 12.4 Å². The highest BCUT2D eigenvalue weighted by molar-refractivity contribution is 5.53. The average Bonchev–Trinajstić information content (AvgIpc) is 2.45. The number of nitrogens with one attached hydrogen (secondary N) is 1. The number of hydrogen-bond donors (Lipinski definition) is 2. The smallest absolute Gasteiger partial charge is 0.271 e. The Balaban J connectivity index is 1.86. The number of ether oxygens (including phenoxy) is 1. The molecule has 0 aromatic heterocycles. The molecule has 0 radical (unpaired) electrons. The maximum absolute atomic E-state index is 10.8. The summed E-state index contributed by atoms with van der Waals surface area (Å²) in [6, 6.07) is 12.0. The molecule has 0 unspecified atom stereocenters. The summed E-state index contributed by atoms with van der Waals surface area (Å²) in [5.41, 5.74) is 7.91. The SMILES string of the molecule is Cc1cc(NCCOc2ccc(N)cc2)cc([N+](=O)[O-])c1. The van der Waals surface area contributed by atoms with E-state index in [2.05, 4.69) is 5.32 Å². The molecular formula is C15H17N3O3. The summed E-state index contributed by atoms with van der Waals surface area (Å²) in [5, 5.41) is 13.9.